The lowest BCUT2D eigenvalue weighted by molar-refractivity contribution is 0.486. The van der Waals surface area contributed by atoms with Crippen LogP contribution in [0.3, 0.4) is 0 Å². The van der Waals surface area contributed by atoms with E-state index in [0.717, 1.165) is 10.9 Å². The third kappa shape index (κ3) is 2.64. The van der Waals surface area contributed by atoms with Crippen LogP contribution in [0.15, 0.2) is 48.7 Å². The minimum Gasteiger partial charge on any atom is -0.454 e. The summed E-state index contributed by atoms with van der Waals surface area (Å²) in [5.41, 5.74) is 1.09. The smallest absolute Gasteiger partial charge is 0.156 e. The fourth-order valence-corrected chi connectivity index (χ4v) is 2.42. The molecule has 0 unspecified atom stereocenters. The van der Waals surface area contributed by atoms with Gasteiger partial charge in [0.25, 0.3) is 0 Å². The van der Waals surface area contributed by atoms with E-state index in [-0.39, 0.29) is 0 Å². The van der Waals surface area contributed by atoms with E-state index >= 15 is 0 Å². The summed E-state index contributed by atoms with van der Waals surface area (Å²) in [6, 6.07) is 14.5. The van der Waals surface area contributed by atoms with Crippen LogP contribution in [0.4, 0.5) is 0 Å². The van der Waals surface area contributed by atoms with Crippen LogP contribution in [0.5, 0.6) is 11.5 Å². The quantitative estimate of drug-likeness (QED) is 0.652. The number of rotatable bonds is 2. The lowest BCUT2D eigenvalue weighted by Crippen LogP contribution is -1.92. The van der Waals surface area contributed by atoms with E-state index in [9.17, 15) is 5.26 Å². The van der Waals surface area contributed by atoms with Gasteiger partial charge in [-0.05, 0) is 30.3 Å². The maximum atomic E-state index is 9.25. The van der Waals surface area contributed by atoms with Gasteiger partial charge < -0.3 is 4.74 Å². The van der Waals surface area contributed by atoms with E-state index in [1.165, 1.54) is 6.20 Å². The number of benzene rings is 2. The van der Waals surface area contributed by atoms with Gasteiger partial charge in [0, 0.05) is 16.6 Å². The highest BCUT2D eigenvalue weighted by atomic mass is 35.5. The van der Waals surface area contributed by atoms with Gasteiger partial charge in [-0.2, -0.15) is 5.26 Å². The fraction of sp³-hybridized carbons (Fsp3) is 0. The second kappa shape index (κ2) is 5.61. The van der Waals surface area contributed by atoms with Crippen molar-refractivity contribution in [2.24, 2.45) is 0 Å². The molecule has 0 aliphatic rings. The molecule has 3 rings (SSSR count). The number of pyridine rings is 1. The summed E-state index contributed by atoms with van der Waals surface area (Å²) >= 11 is 12.0. The Hall–Kier alpha value is -2.28. The maximum absolute atomic E-state index is 9.25. The summed E-state index contributed by atoms with van der Waals surface area (Å²) in [5, 5.41) is 10.9. The van der Waals surface area contributed by atoms with Gasteiger partial charge in [0.2, 0.25) is 0 Å². The second-order valence-corrected chi connectivity index (χ2v) is 5.15. The van der Waals surface area contributed by atoms with Crippen LogP contribution in [-0.4, -0.2) is 4.98 Å². The van der Waals surface area contributed by atoms with Gasteiger partial charge in [0.05, 0.1) is 10.5 Å². The molecule has 0 bridgehead atoms. The van der Waals surface area contributed by atoms with Crippen molar-refractivity contribution < 1.29 is 4.74 Å². The molecule has 0 atom stereocenters. The molecule has 1 aromatic heterocycles. The molecule has 3 aromatic rings. The van der Waals surface area contributed by atoms with Gasteiger partial charge in [0.15, 0.2) is 5.75 Å². The van der Waals surface area contributed by atoms with Crippen LogP contribution in [0.2, 0.25) is 10.0 Å². The van der Waals surface area contributed by atoms with Gasteiger partial charge in [-0.1, -0.05) is 35.3 Å². The van der Waals surface area contributed by atoms with Crippen molar-refractivity contribution in [3.05, 3.63) is 64.3 Å². The van der Waals surface area contributed by atoms with E-state index in [2.05, 4.69) is 11.1 Å². The number of ether oxygens (including phenoxy) is 1. The molecule has 2 aromatic carbocycles. The molecule has 102 valence electrons. The number of para-hydroxylation sites is 1. The van der Waals surface area contributed by atoms with Gasteiger partial charge >= 0.3 is 0 Å². The lowest BCUT2D eigenvalue weighted by atomic mass is 10.1. The van der Waals surface area contributed by atoms with E-state index < -0.39 is 0 Å². The van der Waals surface area contributed by atoms with Crippen molar-refractivity contribution in [3.8, 4) is 17.6 Å². The highest BCUT2D eigenvalue weighted by Crippen LogP contribution is 2.36. The predicted molar refractivity (Wildman–Crippen MR) is 83.0 cm³/mol. The highest BCUT2D eigenvalue weighted by molar-refractivity contribution is 6.35. The third-order valence-electron chi connectivity index (χ3n) is 2.95. The molecule has 5 heteroatoms. The molecule has 0 saturated carbocycles. The number of fused-ring (bicyclic) bond motifs is 1. The van der Waals surface area contributed by atoms with Gasteiger partial charge in [-0.25, -0.2) is 0 Å². The Balaban J connectivity index is 2.17. The van der Waals surface area contributed by atoms with E-state index in [1.54, 1.807) is 18.2 Å². The Morgan fingerprint density at radius 3 is 2.67 bits per heavy atom. The minimum absolute atomic E-state index is 0.347. The van der Waals surface area contributed by atoms with Gasteiger partial charge in [0.1, 0.15) is 17.4 Å². The summed E-state index contributed by atoms with van der Waals surface area (Å²) < 4.78 is 5.85. The highest BCUT2D eigenvalue weighted by Gasteiger charge is 2.12. The topological polar surface area (TPSA) is 45.9 Å². The summed E-state index contributed by atoms with van der Waals surface area (Å²) in [5.74, 6) is 0.876. The van der Waals surface area contributed by atoms with Gasteiger partial charge in [-0.3, -0.25) is 4.98 Å². The number of nitriles is 1. The number of hydrogen-bond donors (Lipinski definition) is 0. The zero-order valence-electron chi connectivity index (χ0n) is 10.7. The molecule has 0 aliphatic heterocycles. The number of aromatic nitrogens is 1. The first kappa shape index (κ1) is 13.7. The first-order valence-corrected chi connectivity index (χ1v) is 6.85. The molecule has 21 heavy (non-hydrogen) atoms. The molecule has 0 spiro atoms. The van der Waals surface area contributed by atoms with Crippen LogP contribution in [0.1, 0.15) is 5.56 Å². The lowest BCUT2D eigenvalue weighted by Gasteiger charge is -2.11. The van der Waals surface area contributed by atoms with E-state index in [0.29, 0.717) is 27.1 Å². The van der Waals surface area contributed by atoms with Crippen molar-refractivity contribution in [3.63, 3.8) is 0 Å². The monoisotopic (exact) mass is 314 g/mol. The Bertz CT molecular complexity index is 872. The van der Waals surface area contributed by atoms with Crippen molar-refractivity contribution in [1.29, 1.82) is 5.26 Å². The van der Waals surface area contributed by atoms with E-state index in [4.69, 9.17) is 27.9 Å². The van der Waals surface area contributed by atoms with Crippen molar-refractivity contribution >= 4 is 34.1 Å². The third-order valence-corrected chi connectivity index (χ3v) is 3.48. The van der Waals surface area contributed by atoms with E-state index in [1.807, 2.05) is 24.3 Å². The molecule has 0 amide bonds. The Labute approximate surface area is 131 Å². The number of halogens is 2. The molecular weight excluding hydrogens is 307 g/mol. The molecule has 3 nitrogen and oxygen atoms in total. The SMILES string of the molecule is N#Cc1cnc2ccccc2c1Oc1ccc(Cl)cc1Cl. The second-order valence-electron chi connectivity index (χ2n) is 4.31. The maximum Gasteiger partial charge on any atom is 0.156 e. The first-order valence-electron chi connectivity index (χ1n) is 6.10. The standard InChI is InChI=1S/C16H8Cl2N2O/c17-11-5-6-15(13(18)7-11)21-16-10(8-19)9-20-14-4-2-1-3-12(14)16/h1-7,9H. The van der Waals surface area contributed by atoms with Crippen molar-refractivity contribution in [1.82, 2.24) is 4.98 Å². The van der Waals surface area contributed by atoms with Crippen molar-refractivity contribution in [2.45, 2.75) is 0 Å². The Morgan fingerprint density at radius 1 is 1.10 bits per heavy atom. The average molecular weight is 315 g/mol. The summed E-state index contributed by atoms with van der Waals surface area (Å²) in [6.07, 6.45) is 1.49. The largest absolute Gasteiger partial charge is 0.454 e. The van der Waals surface area contributed by atoms with Crippen LogP contribution < -0.4 is 4.74 Å². The predicted octanol–water partition coefficient (Wildman–Crippen LogP) is 5.21. The molecule has 0 fully saturated rings. The fourth-order valence-electron chi connectivity index (χ4n) is 1.97. The Kier molecular flexibility index (Phi) is 3.66. The molecular formula is C16H8Cl2N2O. The van der Waals surface area contributed by atoms with Gasteiger partial charge in [-0.15, -0.1) is 0 Å². The molecule has 0 aliphatic carbocycles. The summed E-state index contributed by atoms with van der Waals surface area (Å²) in [4.78, 5) is 4.23. The average Bonchev–Trinajstić information content (AvgIpc) is 2.50. The zero-order chi connectivity index (χ0) is 14.8. The minimum atomic E-state index is 0.347. The molecule has 0 radical (unpaired) electrons. The number of nitrogens with zero attached hydrogens (tertiary/aromatic N) is 2. The molecule has 1 heterocycles. The summed E-state index contributed by atoms with van der Waals surface area (Å²) in [6.45, 7) is 0. The molecule has 0 N–H and O–H groups in total. The van der Waals surface area contributed by atoms with Crippen LogP contribution in [0.25, 0.3) is 10.9 Å². The zero-order valence-corrected chi connectivity index (χ0v) is 12.2. The first-order chi connectivity index (χ1) is 10.2. The van der Waals surface area contributed by atoms with Crippen molar-refractivity contribution in [2.75, 3.05) is 0 Å². The Morgan fingerprint density at radius 2 is 1.90 bits per heavy atom. The normalized spacial score (nSPS) is 10.3. The number of hydrogen-bond acceptors (Lipinski definition) is 3. The van der Waals surface area contributed by atoms with Crippen LogP contribution in [-0.2, 0) is 0 Å². The molecule has 0 saturated heterocycles. The van der Waals surface area contributed by atoms with Crippen LogP contribution >= 0.6 is 23.2 Å². The van der Waals surface area contributed by atoms with Crippen LogP contribution in [0, 0.1) is 11.3 Å². The summed E-state index contributed by atoms with van der Waals surface area (Å²) in [7, 11) is 0.